The minimum atomic E-state index is -0.0476. The highest BCUT2D eigenvalue weighted by atomic mass is 14.6. The molecule has 2 heteroatoms. The highest BCUT2D eigenvalue weighted by molar-refractivity contribution is 5.62. The van der Waals surface area contributed by atoms with E-state index in [2.05, 4.69) is 0 Å². The minimum Gasteiger partial charge on any atom is -0.398 e. The average molecular weight is 173 g/mol. The zero-order chi connectivity index (χ0) is 10.7. The molecule has 0 heterocycles. The maximum absolute atomic E-state index is 8.46. The van der Waals surface area contributed by atoms with E-state index >= 15 is 0 Å². The summed E-state index contributed by atoms with van der Waals surface area (Å²) >= 11 is 0. The number of nitrogens with zero attached hydrogens (tertiary/aromatic N) is 1. The molecule has 1 aromatic carbocycles. The Kier molecular flexibility index (Phi) is 2.28. The molecule has 0 spiro atoms. The Labute approximate surface area is 79.7 Å². The molecule has 0 radical (unpaired) electrons. The Morgan fingerprint density at radius 1 is 1.46 bits per heavy atom. The molecule has 1 aromatic rings. The predicted molar refractivity (Wildman–Crippen MR) is 55.0 cm³/mol. The van der Waals surface area contributed by atoms with Crippen molar-refractivity contribution in [2.75, 3.05) is 5.73 Å². The fraction of sp³-hybridized carbons (Fsp3) is 0.182. The van der Waals surface area contributed by atoms with Crippen molar-refractivity contribution in [3.05, 3.63) is 34.9 Å². The van der Waals surface area contributed by atoms with Gasteiger partial charge in [-0.2, -0.15) is 5.26 Å². The van der Waals surface area contributed by atoms with Crippen molar-refractivity contribution in [3.8, 4) is 6.07 Å². The molecule has 0 bridgehead atoms. The third-order valence-corrected chi connectivity index (χ3v) is 1.92. The summed E-state index contributed by atoms with van der Waals surface area (Å²) in [7, 11) is 0. The molecule has 0 aliphatic rings. The topological polar surface area (TPSA) is 49.8 Å². The van der Waals surface area contributed by atoms with E-state index in [9.17, 15) is 0 Å². The summed E-state index contributed by atoms with van der Waals surface area (Å²) in [4.78, 5) is 0. The van der Waals surface area contributed by atoms with Crippen LogP contribution < -0.4 is 5.73 Å². The molecule has 0 saturated heterocycles. The van der Waals surface area contributed by atoms with Crippen LogP contribution in [0.15, 0.2) is 18.2 Å². The van der Waals surface area contributed by atoms with E-state index in [1.807, 2.05) is 26.0 Å². The number of aryl methyl sites for hydroxylation is 2. The maximum atomic E-state index is 8.46. The van der Waals surface area contributed by atoms with E-state index in [0.29, 0.717) is 0 Å². The van der Waals surface area contributed by atoms with Gasteiger partial charge in [-0.25, -0.2) is 0 Å². The number of hydrogen-bond acceptors (Lipinski definition) is 2. The lowest BCUT2D eigenvalue weighted by molar-refractivity contribution is 1.38. The summed E-state index contributed by atoms with van der Waals surface area (Å²) in [5.74, 6) is 0. The number of hydrogen-bond donors (Lipinski definition) is 1. The first-order valence-electron chi connectivity index (χ1n) is 4.49. The normalized spacial score (nSPS) is 12.1. The van der Waals surface area contributed by atoms with Crippen LogP contribution in [0.5, 0.6) is 0 Å². The van der Waals surface area contributed by atoms with Crippen molar-refractivity contribution in [1.29, 1.82) is 5.26 Å². The molecule has 0 saturated carbocycles. The summed E-state index contributed by atoms with van der Waals surface area (Å²) in [6.45, 7) is 3.82. The second-order valence-corrected chi connectivity index (χ2v) is 2.97. The summed E-state index contributed by atoms with van der Waals surface area (Å²) in [6.07, 6.45) is 1.53. The van der Waals surface area contributed by atoms with Gasteiger partial charge in [-0.3, -0.25) is 0 Å². The molecule has 1 rings (SSSR count). The average Bonchev–Trinajstić information content (AvgIpc) is 2.14. The summed E-state index contributed by atoms with van der Waals surface area (Å²) < 4.78 is 7.22. The lowest BCUT2D eigenvalue weighted by Gasteiger charge is -2.05. The van der Waals surface area contributed by atoms with Crippen molar-refractivity contribution in [2.24, 2.45) is 0 Å². The molecule has 66 valence electrons. The summed E-state index contributed by atoms with van der Waals surface area (Å²) in [5.41, 5.74) is 9.35. The van der Waals surface area contributed by atoms with Crippen LogP contribution >= 0.6 is 0 Å². The van der Waals surface area contributed by atoms with Gasteiger partial charge in [-0.15, -0.1) is 0 Å². The molecule has 2 nitrogen and oxygen atoms in total. The SMILES string of the molecule is [2H]C(C#N)=Cc1cc(C)c(N)c(C)c1. The van der Waals surface area contributed by atoms with Gasteiger partial charge in [0.1, 0.15) is 0 Å². The second kappa shape index (κ2) is 3.77. The van der Waals surface area contributed by atoms with Crippen LogP contribution in [0.4, 0.5) is 5.69 Å². The first-order chi connectivity index (χ1) is 6.54. The first-order valence-corrected chi connectivity index (χ1v) is 3.99. The molecule has 2 N–H and O–H groups in total. The summed E-state index contributed by atoms with van der Waals surface area (Å²) in [6, 6.07) is 5.45. The molecule has 13 heavy (non-hydrogen) atoms. The molecular weight excluding hydrogens is 160 g/mol. The Balaban J connectivity index is 3.21. The van der Waals surface area contributed by atoms with Crippen LogP contribution in [-0.4, -0.2) is 0 Å². The van der Waals surface area contributed by atoms with Gasteiger partial charge in [0, 0.05) is 11.7 Å². The zero-order valence-corrected chi connectivity index (χ0v) is 7.76. The molecule has 0 amide bonds. The third-order valence-electron chi connectivity index (χ3n) is 1.92. The van der Waals surface area contributed by atoms with E-state index < -0.39 is 0 Å². The summed E-state index contributed by atoms with van der Waals surface area (Å²) in [5, 5.41) is 8.46. The van der Waals surface area contributed by atoms with Crippen molar-refractivity contribution in [2.45, 2.75) is 13.8 Å². The fourth-order valence-electron chi connectivity index (χ4n) is 1.21. The maximum Gasteiger partial charge on any atom is 0.0912 e. The highest BCUT2D eigenvalue weighted by Crippen LogP contribution is 2.19. The number of allylic oxidation sites excluding steroid dienone is 1. The number of nitrogens with two attached hydrogens (primary N) is 1. The van der Waals surface area contributed by atoms with E-state index in [1.165, 1.54) is 6.08 Å². The van der Waals surface area contributed by atoms with Gasteiger partial charge in [0.2, 0.25) is 0 Å². The fourth-order valence-corrected chi connectivity index (χ4v) is 1.21. The smallest absolute Gasteiger partial charge is 0.0912 e. The van der Waals surface area contributed by atoms with Crippen LogP contribution in [-0.2, 0) is 0 Å². The molecule has 0 aromatic heterocycles. The van der Waals surface area contributed by atoms with E-state index in [1.54, 1.807) is 6.07 Å². The van der Waals surface area contributed by atoms with Gasteiger partial charge in [-0.05, 0) is 48.7 Å². The van der Waals surface area contributed by atoms with E-state index in [-0.39, 0.29) is 6.05 Å². The van der Waals surface area contributed by atoms with Crippen LogP contribution in [0.25, 0.3) is 6.08 Å². The molecule has 0 fully saturated rings. The van der Waals surface area contributed by atoms with E-state index in [4.69, 9.17) is 12.4 Å². The van der Waals surface area contributed by atoms with Crippen LogP contribution in [0.1, 0.15) is 18.1 Å². The number of nitrogen functional groups attached to an aromatic ring is 1. The Bertz CT molecular complexity index is 404. The van der Waals surface area contributed by atoms with Crippen LogP contribution in [0.3, 0.4) is 0 Å². The van der Waals surface area contributed by atoms with Crippen molar-refractivity contribution >= 4 is 11.8 Å². The number of rotatable bonds is 1. The number of benzene rings is 1. The van der Waals surface area contributed by atoms with Gasteiger partial charge in [-0.1, -0.05) is 0 Å². The quantitative estimate of drug-likeness (QED) is 0.523. The third kappa shape index (κ3) is 2.09. The molecule has 0 aliphatic heterocycles. The number of nitriles is 1. The second-order valence-electron chi connectivity index (χ2n) is 2.97. The predicted octanol–water partition coefficient (Wildman–Crippen LogP) is 2.42. The lowest BCUT2D eigenvalue weighted by Crippen LogP contribution is -1.93. The Morgan fingerprint density at radius 3 is 2.46 bits per heavy atom. The van der Waals surface area contributed by atoms with Gasteiger partial charge >= 0.3 is 0 Å². The van der Waals surface area contributed by atoms with Gasteiger partial charge in [0.15, 0.2) is 0 Å². The molecule has 0 unspecified atom stereocenters. The van der Waals surface area contributed by atoms with Crippen molar-refractivity contribution < 1.29 is 1.37 Å². The largest absolute Gasteiger partial charge is 0.398 e. The monoisotopic (exact) mass is 173 g/mol. The standard InChI is InChI=1S/C11H12N2/c1-8-6-10(4-3-5-12)7-9(2)11(8)13/h3-4,6-7H,13H2,1-2H3/i3D. The van der Waals surface area contributed by atoms with Crippen molar-refractivity contribution in [3.63, 3.8) is 0 Å². The molecular formula is C11H12N2. The Morgan fingerprint density at radius 2 is 2.00 bits per heavy atom. The van der Waals surface area contributed by atoms with Gasteiger partial charge < -0.3 is 5.73 Å². The zero-order valence-electron chi connectivity index (χ0n) is 8.76. The molecule has 0 atom stereocenters. The highest BCUT2D eigenvalue weighted by Gasteiger charge is 1.98. The minimum absolute atomic E-state index is 0.0476. The van der Waals surface area contributed by atoms with Crippen molar-refractivity contribution in [1.82, 2.24) is 0 Å². The lowest BCUT2D eigenvalue weighted by atomic mass is 10.0. The van der Waals surface area contributed by atoms with E-state index in [0.717, 1.165) is 22.4 Å². The van der Waals surface area contributed by atoms with Crippen LogP contribution in [0.2, 0.25) is 0 Å². The van der Waals surface area contributed by atoms with Gasteiger partial charge in [0.05, 0.1) is 7.44 Å². The first kappa shape index (κ1) is 7.88. The molecule has 0 aliphatic carbocycles. The van der Waals surface area contributed by atoms with Crippen LogP contribution in [0, 0.1) is 25.2 Å². The Hall–Kier alpha value is -1.75. The van der Waals surface area contributed by atoms with Gasteiger partial charge in [0.25, 0.3) is 0 Å². The number of anilines is 1.